The largest absolute Gasteiger partial charge is 0.381 e. The Labute approximate surface area is 129 Å². The van der Waals surface area contributed by atoms with Crippen molar-refractivity contribution >= 4 is 5.91 Å². The predicted molar refractivity (Wildman–Crippen MR) is 87.4 cm³/mol. The van der Waals surface area contributed by atoms with Crippen molar-refractivity contribution in [1.82, 2.24) is 4.90 Å². The standard InChI is InChI=1S/C16H23NO2.C2H6/c1-3-16(18)17-10-14(12-19-4-2)15(11-17)13-8-6-5-7-9-13;1-2/h5-9,14-15H,3-4,10-12H2,1-2H3;1-2H3/t14-,15-;/m0./s1. The van der Waals surface area contributed by atoms with Crippen molar-refractivity contribution in [1.29, 1.82) is 0 Å². The quantitative estimate of drug-likeness (QED) is 0.828. The van der Waals surface area contributed by atoms with Gasteiger partial charge in [-0.3, -0.25) is 4.79 Å². The third-order valence-electron chi connectivity index (χ3n) is 3.86. The number of hydrogen-bond acceptors (Lipinski definition) is 2. The Morgan fingerprint density at radius 1 is 1.19 bits per heavy atom. The number of rotatable bonds is 5. The second-order valence-corrected chi connectivity index (χ2v) is 5.09. The Balaban J connectivity index is 0.00000106. The van der Waals surface area contributed by atoms with E-state index in [9.17, 15) is 4.79 Å². The minimum absolute atomic E-state index is 0.250. The van der Waals surface area contributed by atoms with Gasteiger partial charge in [0.2, 0.25) is 5.91 Å². The monoisotopic (exact) mass is 291 g/mol. The molecule has 0 spiro atoms. The fraction of sp³-hybridized carbons (Fsp3) is 0.611. The zero-order valence-electron chi connectivity index (χ0n) is 13.8. The summed E-state index contributed by atoms with van der Waals surface area (Å²) in [5.74, 6) is 1.07. The van der Waals surface area contributed by atoms with E-state index in [0.717, 1.165) is 26.3 Å². The van der Waals surface area contributed by atoms with Gasteiger partial charge in [-0.1, -0.05) is 51.1 Å². The van der Waals surface area contributed by atoms with Gasteiger partial charge in [0.1, 0.15) is 0 Å². The molecule has 2 rings (SSSR count). The number of carbonyl (C=O) groups excluding carboxylic acids is 1. The summed E-state index contributed by atoms with van der Waals surface area (Å²) < 4.78 is 5.59. The SMILES string of the molecule is CC.CCOC[C@@H]1CN(C(=O)CC)C[C@H]1c1ccccc1. The molecule has 2 atom stereocenters. The summed E-state index contributed by atoms with van der Waals surface area (Å²) in [6.07, 6.45) is 0.586. The summed E-state index contributed by atoms with van der Waals surface area (Å²) in [7, 11) is 0. The van der Waals surface area contributed by atoms with E-state index in [1.54, 1.807) is 0 Å². The minimum atomic E-state index is 0.250. The third-order valence-corrected chi connectivity index (χ3v) is 3.86. The summed E-state index contributed by atoms with van der Waals surface area (Å²) in [4.78, 5) is 13.9. The lowest BCUT2D eigenvalue weighted by Gasteiger charge is -2.17. The number of hydrogen-bond donors (Lipinski definition) is 0. The third kappa shape index (κ3) is 4.85. The summed E-state index contributed by atoms with van der Waals surface area (Å²) in [6, 6.07) is 10.5. The average Bonchev–Trinajstić information content (AvgIpc) is 2.99. The van der Waals surface area contributed by atoms with Crippen molar-refractivity contribution < 1.29 is 9.53 Å². The highest BCUT2D eigenvalue weighted by atomic mass is 16.5. The van der Waals surface area contributed by atoms with Crippen LogP contribution in [0.1, 0.15) is 45.6 Å². The van der Waals surface area contributed by atoms with Crippen LogP contribution in [0.4, 0.5) is 0 Å². The number of likely N-dealkylation sites (tertiary alicyclic amines) is 1. The van der Waals surface area contributed by atoms with Crippen LogP contribution >= 0.6 is 0 Å². The number of carbonyl (C=O) groups is 1. The Morgan fingerprint density at radius 2 is 1.86 bits per heavy atom. The molecule has 1 aliphatic heterocycles. The summed E-state index contributed by atoms with van der Waals surface area (Å²) in [6.45, 7) is 11.1. The Bertz CT molecular complexity index is 405. The molecule has 0 saturated carbocycles. The molecule has 0 unspecified atom stereocenters. The molecule has 1 saturated heterocycles. The Kier molecular flexibility index (Phi) is 8.06. The van der Waals surface area contributed by atoms with Crippen molar-refractivity contribution in [2.45, 2.75) is 40.0 Å². The molecular formula is C18H29NO2. The maximum atomic E-state index is 11.9. The molecule has 1 aromatic carbocycles. The van der Waals surface area contributed by atoms with Crippen molar-refractivity contribution in [2.24, 2.45) is 5.92 Å². The topological polar surface area (TPSA) is 29.5 Å². The van der Waals surface area contributed by atoms with Crippen LogP contribution in [0.5, 0.6) is 0 Å². The Hall–Kier alpha value is -1.35. The number of nitrogens with zero attached hydrogens (tertiary/aromatic N) is 1. The molecule has 1 fully saturated rings. The fourth-order valence-corrected chi connectivity index (χ4v) is 2.81. The van der Waals surface area contributed by atoms with Crippen LogP contribution in [0.15, 0.2) is 30.3 Å². The van der Waals surface area contributed by atoms with Gasteiger partial charge in [0, 0.05) is 38.0 Å². The van der Waals surface area contributed by atoms with Gasteiger partial charge in [-0.05, 0) is 12.5 Å². The van der Waals surface area contributed by atoms with Crippen LogP contribution in [0.3, 0.4) is 0 Å². The van der Waals surface area contributed by atoms with E-state index in [0.29, 0.717) is 18.3 Å². The van der Waals surface area contributed by atoms with Gasteiger partial charge in [0.15, 0.2) is 0 Å². The molecular weight excluding hydrogens is 262 g/mol. The molecule has 1 aromatic rings. The van der Waals surface area contributed by atoms with E-state index >= 15 is 0 Å². The van der Waals surface area contributed by atoms with E-state index in [1.165, 1.54) is 5.56 Å². The summed E-state index contributed by atoms with van der Waals surface area (Å²) >= 11 is 0. The molecule has 0 N–H and O–H groups in total. The first kappa shape index (κ1) is 17.7. The molecule has 3 nitrogen and oxygen atoms in total. The van der Waals surface area contributed by atoms with Crippen LogP contribution in [-0.2, 0) is 9.53 Å². The number of benzene rings is 1. The van der Waals surface area contributed by atoms with Gasteiger partial charge in [-0.15, -0.1) is 0 Å². The van der Waals surface area contributed by atoms with Crippen molar-refractivity contribution in [3.63, 3.8) is 0 Å². The summed E-state index contributed by atoms with van der Waals surface area (Å²) in [5, 5.41) is 0. The molecule has 0 bridgehead atoms. The van der Waals surface area contributed by atoms with Gasteiger partial charge >= 0.3 is 0 Å². The molecule has 1 aliphatic rings. The fourth-order valence-electron chi connectivity index (χ4n) is 2.81. The highest BCUT2D eigenvalue weighted by Crippen LogP contribution is 2.33. The van der Waals surface area contributed by atoms with E-state index in [2.05, 4.69) is 24.3 Å². The first-order valence-electron chi connectivity index (χ1n) is 8.16. The molecule has 118 valence electrons. The second kappa shape index (κ2) is 9.56. The zero-order chi connectivity index (χ0) is 15.7. The van der Waals surface area contributed by atoms with Gasteiger partial charge < -0.3 is 9.64 Å². The van der Waals surface area contributed by atoms with Crippen LogP contribution in [0, 0.1) is 5.92 Å². The van der Waals surface area contributed by atoms with Gasteiger partial charge in [0.05, 0.1) is 6.61 Å². The lowest BCUT2D eigenvalue weighted by atomic mass is 9.89. The van der Waals surface area contributed by atoms with E-state index in [-0.39, 0.29) is 5.91 Å². The zero-order valence-corrected chi connectivity index (χ0v) is 13.8. The molecule has 0 radical (unpaired) electrons. The lowest BCUT2D eigenvalue weighted by Crippen LogP contribution is -2.28. The van der Waals surface area contributed by atoms with Crippen molar-refractivity contribution in [2.75, 3.05) is 26.3 Å². The molecule has 1 heterocycles. The Morgan fingerprint density at radius 3 is 2.43 bits per heavy atom. The van der Waals surface area contributed by atoms with Crippen LogP contribution in [-0.4, -0.2) is 37.1 Å². The minimum Gasteiger partial charge on any atom is -0.381 e. The molecule has 0 aliphatic carbocycles. The highest BCUT2D eigenvalue weighted by Gasteiger charge is 2.35. The van der Waals surface area contributed by atoms with Crippen LogP contribution in [0.25, 0.3) is 0 Å². The highest BCUT2D eigenvalue weighted by molar-refractivity contribution is 5.76. The lowest BCUT2D eigenvalue weighted by molar-refractivity contribution is -0.130. The molecule has 21 heavy (non-hydrogen) atoms. The number of ether oxygens (including phenoxy) is 1. The summed E-state index contributed by atoms with van der Waals surface area (Å²) in [5.41, 5.74) is 1.32. The number of amides is 1. The van der Waals surface area contributed by atoms with Crippen molar-refractivity contribution in [3.8, 4) is 0 Å². The first-order valence-corrected chi connectivity index (χ1v) is 8.16. The molecule has 1 amide bonds. The molecule has 3 heteroatoms. The van der Waals surface area contributed by atoms with Crippen molar-refractivity contribution in [3.05, 3.63) is 35.9 Å². The average molecular weight is 291 g/mol. The van der Waals surface area contributed by atoms with E-state index < -0.39 is 0 Å². The van der Waals surface area contributed by atoms with E-state index in [4.69, 9.17) is 4.74 Å². The van der Waals surface area contributed by atoms with E-state index in [1.807, 2.05) is 38.7 Å². The van der Waals surface area contributed by atoms with Crippen LogP contribution in [0.2, 0.25) is 0 Å². The predicted octanol–water partition coefficient (Wildman–Crippen LogP) is 3.70. The maximum Gasteiger partial charge on any atom is 0.222 e. The van der Waals surface area contributed by atoms with Gasteiger partial charge in [-0.25, -0.2) is 0 Å². The first-order chi connectivity index (χ1) is 10.3. The van der Waals surface area contributed by atoms with Gasteiger partial charge in [-0.2, -0.15) is 0 Å². The smallest absolute Gasteiger partial charge is 0.222 e. The normalized spacial score (nSPS) is 20.9. The molecule has 0 aromatic heterocycles. The maximum absolute atomic E-state index is 11.9. The van der Waals surface area contributed by atoms with Crippen LogP contribution < -0.4 is 0 Å². The van der Waals surface area contributed by atoms with Gasteiger partial charge in [0.25, 0.3) is 0 Å². The second-order valence-electron chi connectivity index (χ2n) is 5.09.